The molecule has 8 nitrogen and oxygen atoms in total. The van der Waals surface area contributed by atoms with Crippen molar-refractivity contribution in [3.63, 3.8) is 0 Å². The number of benzene rings is 2. The third kappa shape index (κ3) is 4.81. The van der Waals surface area contributed by atoms with Gasteiger partial charge in [-0.25, -0.2) is 4.68 Å². The number of tetrazole rings is 1. The van der Waals surface area contributed by atoms with Crippen molar-refractivity contribution in [1.82, 2.24) is 25.5 Å². The maximum absolute atomic E-state index is 12.8. The zero-order valence-electron chi connectivity index (χ0n) is 15.2. The highest BCUT2D eigenvalue weighted by Gasteiger charge is 2.22. The molecule has 1 atom stereocenters. The van der Waals surface area contributed by atoms with Gasteiger partial charge in [0.25, 0.3) is 0 Å². The number of amides is 1. The maximum atomic E-state index is 12.8. The number of nitrogens with zero attached hydrogens (tertiary/aromatic N) is 4. The summed E-state index contributed by atoms with van der Waals surface area (Å²) in [6.07, 6.45) is 1.93. The average Bonchev–Trinajstić information content (AvgIpc) is 3.25. The van der Waals surface area contributed by atoms with E-state index < -0.39 is 6.04 Å². The van der Waals surface area contributed by atoms with Gasteiger partial charge in [0.15, 0.2) is 0 Å². The molecule has 0 bridgehead atoms. The van der Waals surface area contributed by atoms with E-state index in [1.54, 1.807) is 20.3 Å². The molecule has 3 aromatic rings. The summed E-state index contributed by atoms with van der Waals surface area (Å²) in [6.45, 7) is 0.333. The number of rotatable bonds is 8. The lowest BCUT2D eigenvalue weighted by atomic mass is 10.1. The van der Waals surface area contributed by atoms with Crippen LogP contribution in [-0.2, 0) is 17.8 Å². The molecule has 0 aliphatic carbocycles. The molecule has 1 heterocycles. The van der Waals surface area contributed by atoms with Gasteiger partial charge < -0.3 is 14.8 Å². The Morgan fingerprint density at radius 1 is 1.07 bits per heavy atom. The lowest BCUT2D eigenvalue weighted by molar-refractivity contribution is -0.124. The molecule has 0 saturated heterocycles. The summed E-state index contributed by atoms with van der Waals surface area (Å²) in [5, 5.41) is 14.1. The first-order valence-corrected chi connectivity index (χ1v) is 8.45. The zero-order valence-corrected chi connectivity index (χ0v) is 15.2. The van der Waals surface area contributed by atoms with Crippen LogP contribution in [0.25, 0.3) is 0 Å². The van der Waals surface area contributed by atoms with Crippen LogP contribution in [0.2, 0.25) is 0 Å². The fourth-order valence-electron chi connectivity index (χ4n) is 2.73. The fraction of sp³-hybridized carbons (Fsp3) is 0.263. The molecule has 0 aliphatic rings. The SMILES string of the molecule is COc1cc(CNC(=O)C(Cc2ccccc2)n2cnnn2)cc(OC)c1. The van der Waals surface area contributed by atoms with E-state index in [0.717, 1.165) is 11.1 Å². The van der Waals surface area contributed by atoms with Gasteiger partial charge in [0.1, 0.15) is 23.9 Å². The number of aromatic nitrogens is 4. The van der Waals surface area contributed by atoms with Gasteiger partial charge in [-0.05, 0) is 33.7 Å². The second-order valence-corrected chi connectivity index (χ2v) is 5.93. The lowest BCUT2D eigenvalue weighted by Gasteiger charge is -2.17. The molecule has 0 aliphatic heterocycles. The summed E-state index contributed by atoms with van der Waals surface area (Å²) in [7, 11) is 3.18. The Morgan fingerprint density at radius 2 is 1.78 bits per heavy atom. The van der Waals surface area contributed by atoms with E-state index in [1.165, 1.54) is 11.0 Å². The van der Waals surface area contributed by atoms with Crippen LogP contribution in [0, 0.1) is 0 Å². The first-order chi connectivity index (χ1) is 13.2. The van der Waals surface area contributed by atoms with E-state index in [9.17, 15) is 4.79 Å². The van der Waals surface area contributed by atoms with Gasteiger partial charge >= 0.3 is 0 Å². The van der Waals surface area contributed by atoms with Crippen LogP contribution < -0.4 is 14.8 Å². The number of nitrogens with one attached hydrogen (secondary N) is 1. The predicted octanol–water partition coefficient (Wildman–Crippen LogP) is 1.79. The van der Waals surface area contributed by atoms with E-state index in [2.05, 4.69) is 20.8 Å². The van der Waals surface area contributed by atoms with Crippen molar-refractivity contribution in [3.05, 3.63) is 66.0 Å². The molecule has 0 saturated carbocycles. The van der Waals surface area contributed by atoms with Crippen molar-refractivity contribution >= 4 is 5.91 Å². The number of carbonyl (C=O) groups is 1. The third-order valence-corrected chi connectivity index (χ3v) is 4.14. The van der Waals surface area contributed by atoms with Crippen molar-refractivity contribution in [3.8, 4) is 11.5 Å². The summed E-state index contributed by atoms with van der Waals surface area (Å²) in [5.74, 6) is 1.16. The van der Waals surface area contributed by atoms with Gasteiger partial charge in [0.2, 0.25) is 5.91 Å². The van der Waals surface area contributed by atoms with Crippen molar-refractivity contribution in [1.29, 1.82) is 0 Å². The van der Waals surface area contributed by atoms with E-state index in [1.807, 2.05) is 42.5 Å². The van der Waals surface area contributed by atoms with Crippen LogP contribution in [-0.4, -0.2) is 40.3 Å². The summed E-state index contributed by atoms with van der Waals surface area (Å²) < 4.78 is 12.0. The van der Waals surface area contributed by atoms with Crippen molar-refractivity contribution in [2.75, 3.05) is 14.2 Å². The second kappa shape index (κ2) is 8.79. The van der Waals surface area contributed by atoms with Crippen LogP contribution in [0.3, 0.4) is 0 Å². The Hall–Kier alpha value is -3.42. The highest BCUT2D eigenvalue weighted by molar-refractivity contribution is 5.80. The number of methoxy groups -OCH3 is 2. The van der Waals surface area contributed by atoms with Crippen molar-refractivity contribution in [2.45, 2.75) is 19.0 Å². The van der Waals surface area contributed by atoms with Crippen LogP contribution in [0.15, 0.2) is 54.9 Å². The standard InChI is InChI=1S/C19H21N5O3/c1-26-16-8-15(9-17(11-16)27-2)12-20-19(25)18(24-13-21-22-23-24)10-14-6-4-3-5-7-14/h3-9,11,13,18H,10,12H2,1-2H3,(H,20,25). The quantitative estimate of drug-likeness (QED) is 0.653. The zero-order chi connectivity index (χ0) is 19.1. The topological polar surface area (TPSA) is 91.2 Å². The Balaban J connectivity index is 1.73. The van der Waals surface area contributed by atoms with Gasteiger partial charge in [0, 0.05) is 19.0 Å². The Kier molecular flexibility index (Phi) is 5.98. The smallest absolute Gasteiger partial charge is 0.245 e. The minimum absolute atomic E-state index is 0.173. The van der Waals surface area contributed by atoms with Gasteiger partial charge in [-0.2, -0.15) is 0 Å². The molecule has 140 valence electrons. The van der Waals surface area contributed by atoms with Crippen LogP contribution in [0.5, 0.6) is 11.5 Å². The largest absolute Gasteiger partial charge is 0.497 e. The second-order valence-electron chi connectivity index (χ2n) is 5.93. The number of hydrogen-bond acceptors (Lipinski definition) is 6. The van der Waals surface area contributed by atoms with E-state index in [0.29, 0.717) is 24.5 Å². The molecule has 1 amide bonds. The molecule has 2 aromatic carbocycles. The predicted molar refractivity (Wildman–Crippen MR) is 98.4 cm³/mol. The molecule has 1 unspecified atom stereocenters. The van der Waals surface area contributed by atoms with Gasteiger partial charge in [-0.1, -0.05) is 30.3 Å². The summed E-state index contributed by atoms with van der Waals surface area (Å²) >= 11 is 0. The molecular weight excluding hydrogens is 346 g/mol. The highest BCUT2D eigenvalue weighted by Crippen LogP contribution is 2.22. The molecule has 0 spiro atoms. The maximum Gasteiger partial charge on any atom is 0.245 e. The van der Waals surface area contributed by atoms with Crippen LogP contribution >= 0.6 is 0 Å². The average molecular weight is 367 g/mol. The van der Waals surface area contributed by atoms with E-state index >= 15 is 0 Å². The fourth-order valence-corrected chi connectivity index (χ4v) is 2.73. The van der Waals surface area contributed by atoms with E-state index in [4.69, 9.17) is 9.47 Å². The Labute approximate surface area is 157 Å². The van der Waals surface area contributed by atoms with Gasteiger partial charge in [0.05, 0.1) is 14.2 Å². The molecule has 3 rings (SSSR count). The van der Waals surface area contributed by atoms with E-state index in [-0.39, 0.29) is 5.91 Å². The molecular formula is C19H21N5O3. The van der Waals surface area contributed by atoms with Crippen LogP contribution in [0.4, 0.5) is 0 Å². The highest BCUT2D eigenvalue weighted by atomic mass is 16.5. The van der Waals surface area contributed by atoms with Gasteiger partial charge in [-0.15, -0.1) is 5.10 Å². The third-order valence-electron chi connectivity index (χ3n) is 4.14. The van der Waals surface area contributed by atoms with Crippen molar-refractivity contribution < 1.29 is 14.3 Å². The minimum Gasteiger partial charge on any atom is -0.497 e. The molecule has 8 heteroatoms. The monoisotopic (exact) mass is 367 g/mol. The lowest BCUT2D eigenvalue weighted by Crippen LogP contribution is -2.34. The summed E-state index contributed by atoms with van der Waals surface area (Å²) in [5.41, 5.74) is 1.89. The first-order valence-electron chi connectivity index (χ1n) is 8.45. The minimum atomic E-state index is -0.546. The molecule has 1 aromatic heterocycles. The first kappa shape index (κ1) is 18.4. The molecule has 27 heavy (non-hydrogen) atoms. The number of hydrogen-bond donors (Lipinski definition) is 1. The summed E-state index contributed by atoms with van der Waals surface area (Å²) in [4.78, 5) is 12.8. The molecule has 0 radical (unpaired) electrons. The van der Waals surface area contributed by atoms with Gasteiger partial charge in [-0.3, -0.25) is 4.79 Å². The molecule has 0 fully saturated rings. The Bertz CT molecular complexity index is 846. The van der Waals surface area contributed by atoms with Crippen LogP contribution in [0.1, 0.15) is 17.2 Å². The van der Waals surface area contributed by atoms with Crippen molar-refractivity contribution in [2.24, 2.45) is 0 Å². The Morgan fingerprint density at radius 3 is 2.37 bits per heavy atom. The summed E-state index contributed by atoms with van der Waals surface area (Å²) in [6, 6.07) is 14.7. The normalized spacial score (nSPS) is 11.6. The molecule has 1 N–H and O–H groups in total. The number of carbonyl (C=O) groups excluding carboxylic acids is 1. The number of ether oxygens (including phenoxy) is 2.